The standard InChI is InChI=1S/C12H17ClN2O5S/c1-8(2)5-9(7-16)14-21(19,20)10-3-4-11(13)12(6-10)15(17)18/h3-4,6,8-9,14,16H,5,7H2,1-2H3. The normalized spacial score (nSPS) is 13.4. The summed E-state index contributed by atoms with van der Waals surface area (Å²) >= 11 is 5.65. The van der Waals surface area contributed by atoms with E-state index in [1.807, 2.05) is 13.8 Å². The van der Waals surface area contributed by atoms with Crippen molar-refractivity contribution in [3.8, 4) is 0 Å². The summed E-state index contributed by atoms with van der Waals surface area (Å²) in [5, 5.41) is 19.9. The van der Waals surface area contributed by atoms with Gasteiger partial charge >= 0.3 is 0 Å². The fourth-order valence-electron chi connectivity index (χ4n) is 1.82. The van der Waals surface area contributed by atoms with E-state index in [1.54, 1.807) is 0 Å². The van der Waals surface area contributed by atoms with Gasteiger partial charge in [-0.25, -0.2) is 13.1 Å². The lowest BCUT2D eigenvalue weighted by Gasteiger charge is -2.18. The number of nitro benzene ring substituents is 1. The topological polar surface area (TPSA) is 110 Å². The summed E-state index contributed by atoms with van der Waals surface area (Å²) in [6.45, 7) is 3.43. The van der Waals surface area contributed by atoms with Crippen molar-refractivity contribution in [2.45, 2.75) is 31.2 Å². The first-order chi connectivity index (χ1) is 9.67. The Labute approximate surface area is 128 Å². The molecule has 0 saturated carbocycles. The molecule has 0 heterocycles. The molecule has 1 aromatic carbocycles. The van der Waals surface area contributed by atoms with Crippen LogP contribution < -0.4 is 4.72 Å². The Kier molecular flexibility index (Phi) is 6.09. The van der Waals surface area contributed by atoms with E-state index < -0.39 is 26.7 Å². The first kappa shape index (κ1) is 17.8. The van der Waals surface area contributed by atoms with Gasteiger partial charge in [0.1, 0.15) is 5.02 Å². The number of benzene rings is 1. The average molecular weight is 337 g/mol. The Bertz CT molecular complexity index is 618. The van der Waals surface area contributed by atoms with Crippen LogP contribution in [0.3, 0.4) is 0 Å². The molecule has 0 bridgehead atoms. The minimum absolute atomic E-state index is 0.139. The molecule has 7 nitrogen and oxygen atoms in total. The van der Waals surface area contributed by atoms with Gasteiger partial charge < -0.3 is 5.11 Å². The maximum Gasteiger partial charge on any atom is 0.289 e. The van der Waals surface area contributed by atoms with Crippen LogP contribution in [0.1, 0.15) is 20.3 Å². The Morgan fingerprint density at radius 1 is 1.43 bits per heavy atom. The van der Waals surface area contributed by atoms with Crippen LogP contribution in [0.2, 0.25) is 5.02 Å². The smallest absolute Gasteiger partial charge is 0.289 e. The van der Waals surface area contributed by atoms with E-state index in [4.69, 9.17) is 11.6 Å². The zero-order chi connectivity index (χ0) is 16.2. The van der Waals surface area contributed by atoms with Gasteiger partial charge in [-0.3, -0.25) is 10.1 Å². The van der Waals surface area contributed by atoms with E-state index in [2.05, 4.69) is 4.72 Å². The predicted octanol–water partition coefficient (Wildman–Crippen LogP) is 1.93. The molecule has 0 spiro atoms. The second-order valence-electron chi connectivity index (χ2n) is 5.00. The van der Waals surface area contributed by atoms with Gasteiger partial charge in [-0.05, 0) is 24.5 Å². The summed E-state index contributed by atoms with van der Waals surface area (Å²) < 4.78 is 26.7. The number of nitrogens with zero attached hydrogens (tertiary/aromatic N) is 1. The zero-order valence-electron chi connectivity index (χ0n) is 11.6. The third-order valence-electron chi connectivity index (χ3n) is 2.72. The van der Waals surface area contributed by atoms with Crippen molar-refractivity contribution in [2.75, 3.05) is 6.61 Å². The summed E-state index contributed by atoms with van der Waals surface area (Å²) in [6.07, 6.45) is 0.450. The molecule has 0 aromatic heterocycles. The van der Waals surface area contributed by atoms with E-state index in [1.165, 1.54) is 6.07 Å². The fraction of sp³-hybridized carbons (Fsp3) is 0.500. The van der Waals surface area contributed by atoms with Crippen LogP contribution in [0.15, 0.2) is 23.1 Å². The lowest BCUT2D eigenvalue weighted by molar-refractivity contribution is -0.384. The second-order valence-corrected chi connectivity index (χ2v) is 7.12. The quantitative estimate of drug-likeness (QED) is 0.584. The number of halogens is 1. The average Bonchev–Trinajstić information content (AvgIpc) is 2.36. The van der Waals surface area contributed by atoms with Gasteiger partial charge in [0.25, 0.3) is 5.69 Å². The van der Waals surface area contributed by atoms with Gasteiger partial charge in [0.15, 0.2) is 0 Å². The number of aliphatic hydroxyl groups excluding tert-OH is 1. The monoisotopic (exact) mass is 336 g/mol. The number of rotatable bonds is 7. The molecule has 1 aromatic rings. The number of hydrogen-bond donors (Lipinski definition) is 2. The SMILES string of the molecule is CC(C)CC(CO)NS(=O)(=O)c1ccc(Cl)c([N+](=O)[O-])c1. The lowest BCUT2D eigenvalue weighted by atomic mass is 10.1. The maximum atomic E-state index is 12.2. The van der Waals surface area contributed by atoms with Gasteiger partial charge in [0, 0.05) is 12.1 Å². The van der Waals surface area contributed by atoms with Crippen molar-refractivity contribution in [3.63, 3.8) is 0 Å². The van der Waals surface area contributed by atoms with Gasteiger partial charge in [-0.2, -0.15) is 0 Å². The minimum atomic E-state index is -3.96. The molecule has 1 rings (SSSR count). The Morgan fingerprint density at radius 2 is 2.05 bits per heavy atom. The lowest BCUT2D eigenvalue weighted by Crippen LogP contribution is -2.38. The summed E-state index contributed by atoms with van der Waals surface area (Å²) in [4.78, 5) is 9.78. The van der Waals surface area contributed by atoms with Gasteiger partial charge in [-0.1, -0.05) is 25.4 Å². The van der Waals surface area contributed by atoms with Crippen LogP contribution in [0.25, 0.3) is 0 Å². The third kappa shape index (κ3) is 4.92. The number of sulfonamides is 1. The molecule has 0 aliphatic rings. The highest BCUT2D eigenvalue weighted by atomic mass is 35.5. The van der Waals surface area contributed by atoms with Crippen LogP contribution >= 0.6 is 11.6 Å². The zero-order valence-corrected chi connectivity index (χ0v) is 13.2. The molecule has 118 valence electrons. The molecular weight excluding hydrogens is 320 g/mol. The number of hydrogen-bond acceptors (Lipinski definition) is 5. The largest absolute Gasteiger partial charge is 0.395 e. The first-order valence-corrected chi connectivity index (χ1v) is 8.10. The van der Waals surface area contributed by atoms with Gasteiger partial charge in [-0.15, -0.1) is 0 Å². The highest BCUT2D eigenvalue weighted by Crippen LogP contribution is 2.27. The first-order valence-electron chi connectivity index (χ1n) is 6.24. The molecular formula is C12H17ClN2O5S. The Hall–Kier alpha value is -1.22. The predicted molar refractivity (Wildman–Crippen MR) is 78.8 cm³/mol. The Balaban J connectivity index is 3.07. The Morgan fingerprint density at radius 3 is 2.52 bits per heavy atom. The highest BCUT2D eigenvalue weighted by Gasteiger charge is 2.23. The van der Waals surface area contributed by atoms with Crippen LogP contribution in [0.4, 0.5) is 5.69 Å². The van der Waals surface area contributed by atoms with E-state index in [0.717, 1.165) is 12.1 Å². The molecule has 9 heteroatoms. The molecule has 21 heavy (non-hydrogen) atoms. The summed E-state index contributed by atoms with van der Waals surface area (Å²) in [5.74, 6) is 0.185. The molecule has 0 aliphatic heterocycles. The number of aliphatic hydroxyl groups is 1. The van der Waals surface area contributed by atoms with E-state index in [9.17, 15) is 23.6 Å². The summed E-state index contributed by atoms with van der Waals surface area (Å²) in [6, 6.07) is 2.59. The van der Waals surface area contributed by atoms with Crippen LogP contribution in [0.5, 0.6) is 0 Å². The summed E-state index contributed by atoms with van der Waals surface area (Å²) in [5.41, 5.74) is -0.482. The molecule has 2 N–H and O–H groups in total. The molecule has 1 atom stereocenters. The van der Waals surface area contributed by atoms with E-state index in [0.29, 0.717) is 6.42 Å². The molecule has 0 radical (unpaired) electrons. The van der Waals surface area contributed by atoms with E-state index in [-0.39, 0.29) is 22.4 Å². The third-order valence-corrected chi connectivity index (χ3v) is 4.56. The van der Waals surface area contributed by atoms with Crippen LogP contribution in [-0.4, -0.2) is 31.1 Å². The number of nitrogens with one attached hydrogen (secondary N) is 1. The minimum Gasteiger partial charge on any atom is -0.395 e. The van der Waals surface area contributed by atoms with Crippen molar-refractivity contribution >= 4 is 27.3 Å². The second kappa shape index (κ2) is 7.17. The van der Waals surface area contributed by atoms with E-state index >= 15 is 0 Å². The van der Waals surface area contributed by atoms with Gasteiger partial charge in [0.2, 0.25) is 10.0 Å². The maximum absolute atomic E-state index is 12.2. The van der Waals surface area contributed by atoms with Crippen molar-refractivity contribution in [1.29, 1.82) is 0 Å². The van der Waals surface area contributed by atoms with Crippen molar-refractivity contribution < 1.29 is 18.4 Å². The molecule has 0 saturated heterocycles. The van der Waals surface area contributed by atoms with Crippen LogP contribution in [0, 0.1) is 16.0 Å². The fourth-order valence-corrected chi connectivity index (χ4v) is 3.26. The van der Waals surface area contributed by atoms with Gasteiger partial charge in [0.05, 0.1) is 16.4 Å². The molecule has 0 aliphatic carbocycles. The van der Waals surface area contributed by atoms with Crippen molar-refractivity contribution in [1.82, 2.24) is 4.72 Å². The highest BCUT2D eigenvalue weighted by molar-refractivity contribution is 7.89. The van der Waals surface area contributed by atoms with Crippen LogP contribution in [-0.2, 0) is 10.0 Å². The van der Waals surface area contributed by atoms with Crippen molar-refractivity contribution in [2.24, 2.45) is 5.92 Å². The molecule has 0 amide bonds. The summed E-state index contributed by atoms with van der Waals surface area (Å²) in [7, 11) is -3.96. The van der Waals surface area contributed by atoms with Crippen molar-refractivity contribution in [3.05, 3.63) is 33.3 Å². The molecule has 0 fully saturated rings. The number of nitro groups is 1. The molecule has 1 unspecified atom stereocenters.